The standard InChI is InChI=1S/C23H29N3O6S/c1-6-29-21(27)16-13(5)24-20(23(31-8-3)32-9-4)18(22(28)30-7-2)17(16)14-11-10-12-15-19(14)26-33-25-15/h10-12,17,23-24H,6-9H2,1-5H3. The van der Waals surface area contributed by atoms with E-state index in [0.717, 1.165) is 11.7 Å². The Bertz CT molecular complexity index is 1070. The van der Waals surface area contributed by atoms with Crippen molar-refractivity contribution in [1.29, 1.82) is 0 Å². The van der Waals surface area contributed by atoms with Crippen molar-refractivity contribution in [2.24, 2.45) is 0 Å². The van der Waals surface area contributed by atoms with Crippen LogP contribution in [0.5, 0.6) is 0 Å². The minimum Gasteiger partial charge on any atom is -0.463 e. The van der Waals surface area contributed by atoms with Crippen LogP contribution in [0.3, 0.4) is 0 Å². The Hall–Kier alpha value is -2.82. The number of rotatable bonds is 10. The predicted molar refractivity (Wildman–Crippen MR) is 123 cm³/mol. The number of allylic oxidation sites excluding steroid dienone is 1. The van der Waals surface area contributed by atoms with Crippen LogP contribution in [-0.2, 0) is 28.5 Å². The van der Waals surface area contributed by atoms with Crippen LogP contribution in [0.1, 0.15) is 46.1 Å². The van der Waals surface area contributed by atoms with E-state index in [4.69, 9.17) is 18.9 Å². The fourth-order valence-electron chi connectivity index (χ4n) is 3.84. The molecule has 2 aromatic rings. The molecule has 1 N–H and O–H groups in total. The molecule has 1 atom stereocenters. The first-order chi connectivity index (χ1) is 16.0. The molecule has 0 amide bonds. The van der Waals surface area contributed by atoms with Gasteiger partial charge in [-0.05, 0) is 46.2 Å². The molecule has 178 valence electrons. The van der Waals surface area contributed by atoms with E-state index in [1.807, 2.05) is 32.0 Å². The van der Waals surface area contributed by atoms with Crippen molar-refractivity contribution < 1.29 is 28.5 Å². The van der Waals surface area contributed by atoms with Crippen molar-refractivity contribution in [1.82, 2.24) is 14.1 Å². The van der Waals surface area contributed by atoms with E-state index in [1.54, 1.807) is 20.8 Å². The van der Waals surface area contributed by atoms with Crippen LogP contribution in [0.4, 0.5) is 0 Å². The third kappa shape index (κ3) is 5.07. The van der Waals surface area contributed by atoms with Crippen molar-refractivity contribution in [2.45, 2.75) is 46.8 Å². The summed E-state index contributed by atoms with van der Waals surface area (Å²) in [4.78, 5) is 26.5. The van der Waals surface area contributed by atoms with Crippen molar-refractivity contribution in [3.8, 4) is 0 Å². The third-order valence-corrected chi connectivity index (χ3v) is 5.63. The number of hydrogen-bond donors (Lipinski definition) is 1. The molecule has 0 fully saturated rings. The molecule has 33 heavy (non-hydrogen) atoms. The largest absolute Gasteiger partial charge is 0.463 e. The van der Waals surface area contributed by atoms with Crippen LogP contribution >= 0.6 is 11.7 Å². The Morgan fingerprint density at radius 2 is 1.61 bits per heavy atom. The minimum atomic E-state index is -0.853. The van der Waals surface area contributed by atoms with Gasteiger partial charge in [-0.15, -0.1) is 0 Å². The predicted octanol–water partition coefficient (Wildman–Crippen LogP) is 3.43. The lowest BCUT2D eigenvalue weighted by Crippen LogP contribution is -2.39. The normalized spacial score (nSPS) is 16.4. The van der Waals surface area contributed by atoms with Gasteiger partial charge in [0, 0.05) is 18.9 Å². The van der Waals surface area contributed by atoms with E-state index in [9.17, 15) is 9.59 Å². The number of aromatic nitrogens is 2. The SMILES string of the molecule is CCOC(=O)C1=C(C)NC(C(OCC)OCC)=C(C(=O)OCC)C1c1cccc2nsnc12. The summed E-state index contributed by atoms with van der Waals surface area (Å²) in [6, 6.07) is 5.49. The smallest absolute Gasteiger partial charge is 0.336 e. The van der Waals surface area contributed by atoms with Gasteiger partial charge in [0.1, 0.15) is 11.0 Å². The number of hydrogen-bond acceptors (Lipinski definition) is 10. The van der Waals surface area contributed by atoms with Crippen molar-refractivity contribution in [3.63, 3.8) is 0 Å². The Morgan fingerprint density at radius 1 is 0.970 bits per heavy atom. The molecular weight excluding hydrogens is 446 g/mol. The molecule has 1 aliphatic heterocycles. The van der Waals surface area contributed by atoms with Gasteiger partial charge in [-0.2, -0.15) is 8.75 Å². The van der Waals surface area contributed by atoms with Gasteiger partial charge >= 0.3 is 11.9 Å². The van der Waals surface area contributed by atoms with Crippen LogP contribution in [0, 0.1) is 0 Å². The molecule has 0 bridgehead atoms. The molecule has 0 aliphatic carbocycles. The Kier molecular flexibility index (Phi) is 8.54. The highest BCUT2D eigenvalue weighted by atomic mass is 32.1. The quantitative estimate of drug-likeness (QED) is 0.408. The number of carbonyl (C=O) groups is 2. The summed E-state index contributed by atoms with van der Waals surface area (Å²) < 4.78 is 31.2. The molecule has 0 saturated carbocycles. The molecule has 9 nitrogen and oxygen atoms in total. The molecule has 0 spiro atoms. The number of fused-ring (bicyclic) bond motifs is 1. The Balaban J connectivity index is 2.33. The lowest BCUT2D eigenvalue weighted by Gasteiger charge is -2.34. The lowest BCUT2D eigenvalue weighted by molar-refractivity contribution is -0.141. The molecule has 1 unspecified atom stereocenters. The summed E-state index contributed by atoms with van der Waals surface area (Å²) in [6.07, 6.45) is -0.853. The van der Waals surface area contributed by atoms with Gasteiger partial charge in [0.25, 0.3) is 0 Å². The molecule has 10 heteroatoms. The zero-order valence-electron chi connectivity index (χ0n) is 19.5. The van der Waals surface area contributed by atoms with Gasteiger partial charge in [0.15, 0.2) is 6.29 Å². The first-order valence-corrected chi connectivity index (χ1v) is 11.7. The van der Waals surface area contributed by atoms with Gasteiger partial charge in [-0.3, -0.25) is 0 Å². The van der Waals surface area contributed by atoms with Crippen molar-refractivity contribution in [3.05, 3.63) is 46.3 Å². The van der Waals surface area contributed by atoms with E-state index in [-0.39, 0.29) is 18.8 Å². The molecule has 3 rings (SSSR count). The van der Waals surface area contributed by atoms with Crippen LogP contribution < -0.4 is 5.32 Å². The lowest BCUT2D eigenvalue weighted by atomic mass is 9.79. The number of nitrogens with zero attached hydrogens (tertiary/aromatic N) is 2. The van der Waals surface area contributed by atoms with Crippen molar-refractivity contribution in [2.75, 3.05) is 26.4 Å². The van der Waals surface area contributed by atoms with Crippen molar-refractivity contribution >= 4 is 34.7 Å². The van der Waals surface area contributed by atoms with Gasteiger partial charge in [0.05, 0.1) is 47.7 Å². The third-order valence-electron chi connectivity index (χ3n) is 5.08. The summed E-state index contributed by atoms with van der Waals surface area (Å²) >= 11 is 1.07. The van der Waals surface area contributed by atoms with Gasteiger partial charge in [0.2, 0.25) is 0 Å². The molecule has 1 aromatic heterocycles. The fourth-order valence-corrected chi connectivity index (χ4v) is 4.40. The number of esters is 2. The average molecular weight is 476 g/mol. The van der Waals surface area contributed by atoms with Gasteiger partial charge < -0.3 is 24.3 Å². The molecule has 2 heterocycles. The average Bonchev–Trinajstić information content (AvgIpc) is 3.27. The summed E-state index contributed by atoms with van der Waals surface area (Å²) in [5.74, 6) is -1.92. The van der Waals surface area contributed by atoms with E-state index in [2.05, 4.69) is 14.1 Å². The summed E-state index contributed by atoms with van der Waals surface area (Å²) in [6.45, 7) is 9.96. The maximum absolute atomic E-state index is 13.4. The first kappa shape index (κ1) is 24.8. The van der Waals surface area contributed by atoms with E-state index in [1.165, 1.54) is 0 Å². The Morgan fingerprint density at radius 3 is 2.21 bits per heavy atom. The first-order valence-electron chi connectivity index (χ1n) is 11.0. The second-order valence-corrected chi connectivity index (χ2v) is 7.62. The molecular formula is C23H29N3O6S. The second-order valence-electron chi connectivity index (χ2n) is 7.09. The van der Waals surface area contributed by atoms with Crippen LogP contribution in [0.2, 0.25) is 0 Å². The highest BCUT2D eigenvalue weighted by Gasteiger charge is 2.42. The maximum Gasteiger partial charge on any atom is 0.336 e. The highest BCUT2D eigenvalue weighted by Crippen LogP contribution is 2.42. The van der Waals surface area contributed by atoms with Crippen LogP contribution in [0.25, 0.3) is 11.0 Å². The zero-order chi connectivity index (χ0) is 24.0. The van der Waals surface area contributed by atoms with Crippen LogP contribution in [0.15, 0.2) is 40.7 Å². The number of dihydropyridines is 1. The molecule has 1 aromatic carbocycles. The maximum atomic E-state index is 13.4. The number of benzene rings is 1. The monoisotopic (exact) mass is 475 g/mol. The molecule has 1 aliphatic rings. The van der Waals surface area contributed by atoms with Gasteiger partial charge in [-0.25, -0.2) is 9.59 Å². The molecule has 0 saturated heterocycles. The number of ether oxygens (including phenoxy) is 4. The summed E-state index contributed by atoms with van der Waals surface area (Å²) in [5, 5.41) is 3.18. The number of nitrogens with one attached hydrogen (secondary N) is 1. The summed E-state index contributed by atoms with van der Waals surface area (Å²) in [5.41, 5.74) is 3.38. The highest BCUT2D eigenvalue weighted by molar-refractivity contribution is 7.00. The topological polar surface area (TPSA) is 109 Å². The van der Waals surface area contributed by atoms with Gasteiger partial charge in [-0.1, -0.05) is 12.1 Å². The minimum absolute atomic E-state index is 0.163. The van der Waals surface area contributed by atoms with Crippen LogP contribution in [-0.4, -0.2) is 53.4 Å². The zero-order valence-corrected chi connectivity index (χ0v) is 20.3. The van der Waals surface area contributed by atoms with E-state index in [0.29, 0.717) is 46.8 Å². The fraction of sp³-hybridized carbons (Fsp3) is 0.478. The number of carbonyl (C=O) groups excluding carboxylic acids is 2. The van der Waals surface area contributed by atoms with E-state index >= 15 is 0 Å². The van der Waals surface area contributed by atoms with E-state index < -0.39 is 24.1 Å². The molecule has 0 radical (unpaired) electrons. The summed E-state index contributed by atoms with van der Waals surface area (Å²) in [7, 11) is 0. The Labute approximate surface area is 197 Å². The second kappa shape index (κ2) is 11.4.